The molecular formula is C27H34N2O6. The highest BCUT2D eigenvalue weighted by molar-refractivity contribution is 6.00. The predicted octanol–water partition coefficient (Wildman–Crippen LogP) is 3.08. The third kappa shape index (κ3) is 4.25. The molecule has 8 nitrogen and oxygen atoms in total. The standard InChI is InChI=1S/C27H34N2O6/c1-16(27-11-17-6-18(12-27)8-19(7-17)13-27)28-24(30)15-35-26(32)20-9-25(31)29(14-20)21-2-3-22-23(10-21)34-5-4-33-22/h2-3,10,16-20H,4-9,11-15H2,1H3,(H,28,30)/t16-,17?,18?,19?,20+,27?/m1/s1. The number of nitrogens with zero attached hydrogens (tertiary/aromatic N) is 1. The molecule has 1 aromatic rings. The SMILES string of the molecule is C[C@@H](NC(=O)COC(=O)[C@H]1CC(=O)N(c2ccc3c(c2)OCCO3)C1)C12CC3CC(CC(C3)C1)C2. The van der Waals surface area contributed by atoms with E-state index in [2.05, 4.69) is 12.2 Å². The summed E-state index contributed by atoms with van der Waals surface area (Å²) in [4.78, 5) is 39.5. The Kier molecular flexibility index (Phi) is 5.65. The van der Waals surface area contributed by atoms with E-state index in [0.717, 1.165) is 17.8 Å². The first-order chi connectivity index (χ1) is 16.9. The van der Waals surface area contributed by atoms with E-state index < -0.39 is 11.9 Å². The Bertz CT molecular complexity index is 1000. The first-order valence-electron chi connectivity index (χ1n) is 13.0. The van der Waals surface area contributed by atoms with Crippen molar-refractivity contribution in [3.63, 3.8) is 0 Å². The zero-order valence-electron chi connectivity index (χ0n) is 20.3. The normalized spacial score (nSPS) is 33.5. The lowest BCUT2D eigenvalue weighted by Crippen LogP contribution is -2.56. The van der Waals surface area contributed by atoms with Gasteiger partial charge < -0.3 is 24.4 Å². The Labute approximate surface area is 205 Å². The number of fused-ring (bicyclic) bond motifs is 1. The Hall–Kier alpha value is -2.77. The highest BCUT2D eigenvalue weighted by Gasteiger charge is 2.53. The minimum atomic E-state index is -0.593. The molecule has 4 saturated carbocycles. The van der Waals surface area contributed by atoms with E-state index >= 15 is 0 Å². The molecule has 0 radical (unpaired) electrons. The molecule has 2 aliphatic heterocycles. The van der Waals surface area contributed by atoms with Gasteiger partial charge in [0.2, 0.25) is 5.91 Å². The maximum absolute atomic E-state index is 12.7. The van der Waals surface area contributed by atoms with E-state index in [4.69, 9.17) is 14.2 Å². The summed E-state index contributed by atoms with van der Waals surface area (Å²) in [5.74, 6) is 2.19. The van der Waals surface area contributed by atoms with Gasteiger partial charge in [-0.1, -0.05) is 0 Å². The van der Waals surface area contributed by atoms with Crippen molar-refractivity contribution in [3.8, 4) is 11.5 Å². The molecule has 35 heavy (non-hydrogen) atoms. The number of ether oxygens (including phenoxy) is 3. The highest BCUT2D eigenvalue weighted by atomic mass is 16.6. The number of carbonyl (C=O) groups is 3. The fourth-order valence-electron chi connectivity index (χ4n) is 7.71. The van der Waals surface area contributed by atoms with Crippen LogP contribution in [0.15, 0.2) is 18.2 Å². The molecule has 188 valence electrons. The van der Waals surface area contributed by atoms with Crippen LogP contribution in [0.25, 0.3) is 0 Å². The molecule has 0 spiro atoms. The van der Waals surface area contributed by atoms with Gasteiger partial charge in [-0.05, 0) is 80.8 Å². The molecule has 2 atom stereocenters. The Morgan fingerprint density at radius 1 is 1.09 bits per heavy atom. The van der Waals surface area contributed by atoms with Crippen LogP contribution < -0.4 is 19.7 Å². The quantitative estimate of drug-likeness (QED) is 0.627. The van der Waals surface area contributed by atoms with Crippen molar-refractivity contribution >= 4 is 23.5 Å². The number of rotatable bonds is 6. The number of hydrogen-bond donors (Lipinski definition) is 1. The van der Waals surface area contributed by atoms with Crippen LogP contribution in [0.4, 0.5) is 5.69 Å². The largest absolute Gasteiger partial charge is 0.486 e. The molecule has 8 heteroatoms. The zero-order chi connectivity index (χ0) is 24.2. The predicted molar refractivity (Wildman–Crippen MR) is 127 cm³/mol. The fraction of sp³-hybridized carbons (Fsp3) is 0.667. The molecule has 4 aliphatic carbocycles. The summed E-state index contributed by atoms with van der Waals surface area (Å²) < 4.78 is 16.5. The van der Waals surface area contributed by atoms with E-state index in [9.17, 15) is 14.4 Å². The summed E-state index contributed by atoms with van der Waals surface area (Å²) in [6.07, 6.45) is 7.78. The molecule has 7 rings (SSSR count). The number of anilines is 1. The molecule has 5 fully saturated rings. The van der Waals surface area contributed by atoms with Gasteiger partial charge in [-0.15, -0.1) is 0 Å². The average molecular weight is 483 g/mol. The Morgan fingerprint density at radius 3 is 2.43 bits per heavy atom. The molecule has 2 amide bonds. The third-order valence-corrected chi connectivity index (χ3v) is 9.02. The van der Waals surface area contributed by atoms with Gasteiger partial charge in [-0.25, -0.2) is 0 Å². The first kappa shape index (κ1) is 22.7. The van der Waals surface area contributed by atoms with Crippen molar-refractivity contribution in [2.24, 2.45) is 29.1 Å². The average Bonchev–Trinajstić information content (AvgIpc) is 3.23. The van der Waals surface area contributed by atoms with Gasteiger partial charge in [0.25, 0.3) is 5.91 Å². The Morgan fingerprint density at radius 2 is 1.74 bits per heavy atom. The van der Waals surface area contributed by atoms with E-state index in [1.807, 2.05) is 0 Å². The van der Waals surface area contributed by atoms with E-state index in [1.54, 1.807) is 23.1 Å². The minimum absolute atomic E-state index is 0.0680. The van der Waals surface area contributed by atoms with Crippen LogP contribution in [0.1, 0.15) is 51.9 Å². The lowest BCUT2D eigenvalue weighted by atomic mass is 9.48. The number of benzene rings is 1. The number of hydrogen-bond acceptors (Lipinski definition) is 6. The van der Waals surface area contributed by atoms with Crippen LogP contribution in [-0.4, -0.2) is 50.2 Å². The van der Waals surface area contributed by atoms with Crippen molar-refractivity contribution in [1.82, 2.24) is 5.32 Å². The van der Waals surface area contributed by atoms with Gasteiger partial charge in [0.05, 0.1) is 5.92 Å². The van der Waals surface area contributed by atoms with Crippen LogP contribution in [0.2, 0.25) is 0 Å². The number of amides is 2. The topological polar surface area (TPSA) is 94.2 Å². The molecular weight excluding hydrogens is 448 g/mol. The van der Waals surface area contributed by atoms with E-state index in [0.29, 0.717) is 30.4 Å². The zero-order valence-corrected chi connectivity index (χ0v) is 20.3. The van der Waals surface area contributed by atoms with Crippen molar-refractivity contribution in [2.45, 2.75) is 57.9 Å². The van der Waals surface area contributed by atoms with Crippen LogP contribution in [0.3, 0.4) is 0 Å². The van der Waals surface area contributed by atoms with Gasteiger partial charge in [0, 0.05) is 30.8 Å². The van der Waals surface area contributed by atoms with Crippen molar-refractivity contribution < 1.29 is 28.6 Å². The van der Waals surface area contributed by atoms with Crippen LogP contribution in [0, 0.1) is 29.1 Å². The minimum Gasteiger partial charge on any atom is -0.486 e. The number of nitrogens with one attached hydrogen (secondary N) is 1. The van der Waals surface area contributed by atoms with E-state index in [-0.39, 0.29) is 42.8 Å². The number of esters is 1. The molecule has 0 aromatic heterocycles. The molecule has 4 bridgehead atoms. The number of carbonyl (C=O) groups excluding carboxylic acids is 3. The second-order valence-electron chi connectivity index (χ2n) is 11.4. The smallest absolute Gasteiger partial charge is 0.311 e. The molecule has 0 unspecified atom stereocenters. The van der Waals surface area contributed by atoms with Crippen LogP contribution >= 0.6 is 0 Å². The molecule has 6 aliphatic rings. The summed E-state index contributed by atoms with van der Waals surface area (Å²) in [7, 11) is 0. The van der Waals surface area contributed by atoms with Gasteiger partial charge in [0.1, 0.15) is 13.2 Å². The molecule has 1 aromatic carbocycles. The summed E-state index contributed by atoms with van der Waals surface area (Å²) in [6, 6.07) is 5.41. The van der Waals surface area contributed by atoms with Gasteiger partial charge in [-0.2, -0.15) is 0 Å². The van der Waals surface area contributed by atoms with Crippen molar-refractivity contribution in [3.05, 3.63) is 18.2 Å². The molecule has 1 saturated heterocycles. The fourth-order valence-corrected chi connectivity index (χ4v) is 7.71. The summed E-state index contributed by atoms with van der Waals surface area (Å²) in [5.41, 5.74) is 0.868. The van der Waals surface area contributed by atoms with Gasteiger partial charge in [0.15, 0.2) is 18.1 Å². The maximum atomic E-state index is 12.7. The second-order valence-corrected chi connectivity index (χ2v) is 11.4. The lowest BCUT2D eigenvalue weighted by Gasteiger charge is -2.59. The Balaban J connectivity index is 1.01. The monoisotopic (exact) mass is 482 g/mol. The molecule has 1 N–H and O–H groups in total. The first-order valence-corrected chi connectivity index (χ1v) is 13.0. The summed E-state index contributed by atoms with van der Waals surface area (Å²) in [5, 5.41) is 3.14. The van der Waals surface area contributed by atoms with Crippen molar-refractivity contribution in [2.75, 3.05) is 31.3 Å². The van der Waals surface area contributed by atoms with E-state index in [1.165, 1.54) is 38.5 Å². The van der Waals surface area contributed by atoms with Crippen molar-refractivity contribution in [1.29, 1.82) is 0 Å². The maximum Gasteiger partial charge on any atom is 0.311 e. The summed E-state index contributed by atoms with van der Waals surface area (Å²) in [6.45, 7) is 3.00. The van der Waals surface area contributed by atoms with Gasteiger partial charge >= 0.3 is 5.97 Å². The lowest BCUT2D eigenvalue weighted by molar-refractivity contribution is -0.153. The summed E-state index contributed by atoms with van der Waals surface area (Å²) >= 11 is 0. The van der Waals surface area contributed by atoms with Crippen LogP contribution in [-0.2, 0) is 19.1 Å². The van der Waals surface area contributed by atoms with Crippen LogP contribution in [0.5, 0.6) is 11.5 Å². The third-order valence-electron chi connectivity index (χ3n) is 9.02. The second kappa shape index (κ2) is 8.71. The molecule has 2 heterocycles. The highest BCUT2D eigenvalue weighted by Crippen LogP contribution is 2.61. The van der Waals surface area contributed by atoms with Gasteiger partial charge in [-0.3, -0.25) is 14.4 Å².